The number of carbonyl (C=O) groups excluding carboxylic acids is 2. The summed E-state index contributed by atoms with van der Waals surface area (Å²) in [6.45, 7) is -0.0867. The molecule has 2 amide bonds. The third-order valence-electron chi connectivity index (χ3n) is 3.53. The van der Waals surface area contributed by atoms with Crippen molar-refractivity contribution in [2.24, 2.45) is 0 Å². The van der Waals surface area contributed by atoms with Crippen molar-refractivity contribution in [3.63, 3.8) is 0 Å². The van der Waals surface area contributed by atoms with E-state index in [9.17, 15) is 14.4 Å². The van der Waals surface area contributed by atoms with Crippen LogP contribution in [0.1, 0.15) is 20.7 Å². The maximum absolute atomic E-state index is 12.6. The Kier molecular flexibility index (Phi) is 4.99. The van der Waals surface area contributed by atoms with Crippen molar-refractivity contribution in [2.75, 3.05) is 18.5 Å². The molecular weight excluding hydrogens is 338 g/mol. The van der Waals surface area contributed by atoms with Gasteiger partial charge >= 0.3 is 0 Å². The number of hydrogen-bond acceptors (Lipinski definition) is 6. The number of rotatable bonds is 5. The lowest BCUT2D eigenvalue weighted by Gasteiger charge is -2.08. The average Bonchev–Trinajstić information content (AvgIpc) is 2.68. The minimum atomic E-state index is -0.524. The van der Waals surface area contributed by atoms with Gasteiger partial charge in [-0.15, -0.1) is 0 Å². The summed E-state index contributed by atoms with van der Waals surface area (Å²) in [6.07, 6.45) is 5.51. The zero-order chi connectivity index (χ0) is 18.5. The van der Waals surface area contributed by atoms with Crippen molar-refractivity contribution in [3.05, 3.63) is 70.5 Å². The third-order valence-corrected chi connectivity index (χ3v) is 3.53. The molecule has 3 N–H and O–H groups in total. The molecule has 9 nitrogen and oxygen atoms in total. The van der Waals surface area contributed by atoms with Crippen LogP contribution < -0.4 is 16.2 Å². The Balaban J connectivity index is 1.93. The second-order valence-corrected chi connectivity index (χ2v) is 5.30. The number of amides is 2. The van der Waals surface area contributed by atoms with E-state index in [0.29, 0.717) is 11.2 Å². The largest absolute Gasteiger partial charge is 0.395 e. The quantitative estimate of drug-likeness (QED) is 0.596. The van der Waals surface area contributed by atoms with Gasteiger partial charge < -0.3 is 15.7 Å². The molecule has 0 saturated heterocycles. The molecule has 3 aromatic heterocycles. The molecule has 0 saturated carbocycles. The lowest BCUT2D eigenvalue weighted by atomic mass is 10.2. The number of hydrogen-bond donors (Lipinski definition) is 3. The molecule has 132 valence electrons. The first-order chi connectivity index (χ1) is 12.6. The van der Waals surface area contributed by atoms with E-state index in [2.05, 4.69) is 20.6 Å². The Hall–Kier alpha value is -3.59. The van der Waals surface area contributed by atoms with Crippen LogP contribution in [0.5, 0.6) is 0 Å². The summed E-state index contributed by atoms with van der Waals surface area (Å²) >= 11 is 0. The topological polar surface area (TPSA) is 126 Å². The van der Waals surface area contributed by atoms with E-state index < -0.39 is 17.4 Å². The van der Waals surface area contributed by atoms with Crippen LogP contribution in [0, 0.1) is 0 Å². The van der Waals surface area contributed by atoms with Gasteiger partial charge in [-0.1, -0.05) is 0 Å². The molecule has 0 unspecified atom stereocenters. The van der Waals surface area contributed by atoms with E-state index in [1.54, 1.807) is 12.1 Å². The molecule has 0 aromatic carbocycles. The summed E-state index contributed by atoms with van der Waals surface area (Å²) in [4.78, 5) is 44.7. The van der Waals surface area contributed by atoms with Crippen LogP contribution in [0.3, 0.4) is 0 Å². The van der Waals surface area contributed by atoms with Crippen LogP contribution in [-0.4, -0.2) is 44.4 Å². The Morgan fingerprint density at radius 2 is 1.96 bits per heavy atom. The van der Waals surface area contributed by atoms with Crippen molar-refractivity contribution < 1.29 is 14.7 Å². The van der Waals surface area contributed by atoms with Gasteiger partial charge in [0.05, 0.1) is 23.9 Å². The summed E-state index contributed by atoms with van der Waals surface area (Å²) in [7, 11) is 0. The first kappa shape index (κ1) is 17.2. The summed E-state index contributed by atoms with van der Waals surface area (Å²) < 4.78 is 1.17. The number of pyridine rings is 2. The minimum Gasteiger partial charge on any atom is -0.395 e. The van der Waals surface area contributed by atoms with Gasteiger partial charge in [0, 0.05) is 25.1 Å². The predicted molar refractivity (Wildman–Crippen MR) is 93.1 cm³/mol. The molecule has 3 rings (SSSR count). The Morgan fingerprint density at radius 3 is 2.69 bits per heavy atom. The lowest BCUT2D eigenvalue weighted by Crippen LogP contribution is -2.28. The summed E-state index contributed by atoms with van der Waals surface area (Å²) in [5.74, 6) is -0.925. The van der Waals surface area contributed by atoms with Crippen molar-refractivity contribution in [2.45, 2.75) is 0 Å². The van der Waals surface area contributed by atoms with Crippen LogP contribution in [0.15, 0.2) is 53.8 Å². The summed E-state index contributed by atoms with van der Waals surface area (Å²) in [5, 5.41) is 13.8. The maximum Gasteiger partial charge on any atom is 0.281 e. The number of aliphatic hydroxyl groups is 1. The highest BCUT2D eigenvalue weighted by Crippen LogP contribution is 2.07. The number of anilines is 1. The number of aliphatic hydroxyl groups excluding tert-OH is 1. The van der Waals surface area contributed by atoms with Crippen LogP contribution >= 0.6 is 0 Å². The van der Waals surface area contributed by atoms with Gasteiger partial charge in [-0.3, -0.25) is 23.8 Å². The smallest absolute Gasteiger partial charge is 0.281 e. The van der Waals surface area contributed by atoms with Crippen LogP contribution in [-0.2, 0) is 0 Å². The highest BCUT2D eigenvalue weighted by Gasteiger charge is 2.12. The van der Waals surface area contributed by atoms with Gasteiger partial charge in [0.15, 0.2) is 0 Å². The molecule has 0 atom stereocenters. The minimum absolute atomic E-state index is 0.0238. The Morgan fingerprint density at radius 1 is 1.12 bits per heavy atom. The van der Waals surface area contributed by atoms with Gasteiger partial charge in [-0.25, -0.2) is 4.98 Å². The molecular formula is C17H15N5O4. The van der Waals surface area contributed by atoms with Crippen molar-refractivity contribution in [3.8, 4) is 0 Å². The number of nitrogens with zero attached hydrogens (tertiary/aromatic N) is 3. The van der Waals surface area contributed by atoms with E-state index in [1.807, 2.05) is 0 Å². The molecule has 0 spiro atoms. The number of fused-ring (bicyclic) bond motifs is 1. The molecule has 0 aliphatic rings. The maximum atomic E-state index is 12.6. The van der Waals surface area contributed by atoms with Crippen LogP contribution in [0.2, 0.25) is 0 Å². The van der Waals surface area contributed by atoms with Gasteiger partial charge in [0.2, 0.25) is 0 Å². The number of aromatic nitrogens is 3. The molecule has 3 aromatic rings. The van der Waals surface area contributed by atoms with E-state index in [4.69, 9.17) is 5.11 Å². The van der Waals surface area contributed by atoms with E-state index >= 15 is 0 Å². The molecule has 0 bridgehead atoms. The third kappa shape index (κ3) is 3.57. The average molecular weight is 353 g/mol. The molecule has 0 aliphatic carbocycles. The van der Waals surface area contributed by atoms with Crippen LogP contribution in [0.25, 0.3) is 5.65 Å². The van der Waals surface area contributed by atoms with Gasteiger partial charge in [0.1, 0.15) is 11.3 Å². The summed E-state index contributed by atoms with van der Waals surface area (Å²) in [5.41, 5.74) is 0.307. The fourth-order valence-electron chi connectivity index (χ4n) is 2.26. The van der Waals surface area contributed by atoms with Crippen molar-refractivity contribution in [1.82, 2.24) is 19.7 Å². The highest BCUT2D eigenvalue weighted by atomic mass is 16.3. The fraction of sp³-hybridized carbons (Fsp3) is 0.118. The second kappa shape index (κ2) is 7.53. The van der Waals surface area contributed by atoms with Crippen LogP contribution in [0.4, 0.5) is 5.69 Å². The van der Waals surface area contributed by atoms with Gasteiger partial charge in [-0.05, 0) is 24.3 Å². The van der Waals surface area contributed by atoms with E-state index in [-0.39, 0.29) is 24.4 Å². The molecule has 9 heteroatoms. The second-order valence-electron chi connectivity index (χ2n) is 5.30. The fourth-order valence-corrected chi connectivity index (χ4v) is 2.26. The monoisotopic (exact) mass is 353 g/mol. The molecule has 3 heterocycles. The summed E-state index contributed by atoms with van der Waals surface area (Å²) in [6, 6.07) is 6.21. The standard InChI is InChI=1S/C17H15N5O4/c23-7-6-19-15(24)12-3-4-14-20-9-13(17(26)22(14)10-12)21-16(25)11-2-1-5-18-8-11/h1-5,8-10,23H,6-7H2,(H,19,24)(H,21,25). The Labute approximate surface area is 147 Å². The van der Waals surface area contributed by atoms with E-state index in [1.165, 1.54) is 41.3 Å². The number of carbonyl (C=O) groups is 2. The molecule has 0 aliphatic heterocycles. The highest BCUT2D eigenvalue weighted by molar-refractivity contribution is 6.03. The Bertz CT molecular complexity index is 1020. The lowest BCUT2D eigenvalue weighted by molar-refractivity contribution is 0.0943. The normalized spacial score (nSPS) is 10.5. The zero-order valence-electron chi connectivity index (χ0n) is 13.5. The van der Waals surface area contributed by atoms with Gasteiger partial charge in [0.25, 0.3) is 17.4 Å². The molecule has 0 radical (unpaired) electrons. The zero-order valence-corrected chi connectivity index (χ0v) is 13.5. The molecule has 26 heavy (non-hydrogen) atoms. The molecule has 0 fully saturated rings. The number of nitrogens with one attached hydrogen (secondary N) is 2. The SMILES string of the molecule is O=C(NCCO)c1ccc2ncc(NC(=O)c3cccnc3)c(=O)n2c1. The van der Waals surface area contributed by atoms with Crippen molar-refractivity contribution >= 4 is 23.1 Å². The predicted octanol–water partition coefficient (Wildman–Crippen LogP) is 0.0639. The first-order valence-corrected chi connectivity index (χ1v) is 7.72. The van der Waals surface area contributed by atoms with E-state index in [0.717, 1.165) is 0 Å². The van der Waals surface area contributed by atoms with Gasteiger partial charge in [-0.2, -0.15) is 0 Å². The first-order valence-electron chi connectivity index (χ1n) is 7.72. The van der Waals surface area contributed by atoms with Crippen molar-refractivity contribution in [1.29, 1.82) is 0 Å².